The first kappa shape index (κ1) is 17.7. The maximum atomic E-state index is 13.6. The SMILES string of the molecule is COc1ccc(/C=C/C(=O)NC(CCO)c2ccccc2)cc1F. The van der Waals surface area contributed by atoms with Gasteiger partial charge < -0.3 is 15.2 Å². The third-order valence-electron chi connectivity index (χ3n) is 3.54. The van der Waals surface area contributed by atoms with Crippen LogP contribution in [0.1, 0.15) is 23.6 Å². The Kier molecular flexibility index (Phi) is 6.51. The number of aliphatic hydroxyl groups is 1. The van der Waals surface area contributed by atoms with E-state index in [1.165, 1.54) is 31.4 Å². The topological polar surface area (TPSA) is 58.6 Å². The second kappa shape index (κ2) is 8.84. The molecule has 24 heavy (non-hydrogen) atoms. The predicted octanol–water partition coefficient (Wildman–Crippen LogP) is 3.09. The molecule has 0 radical (unpaired) electrons. The van der Waals surface area contributed by atoms with E-state index >= 15 is 0 Å². The van der Waals surface area contributed by atoms with Gasteiger partial charge in [-0.1, -0.05) is 36.4 Å². The number of halogens is 1. The highest BCUT2D eigenvalue weighted by atomic mass is 19.1. The number of nitrogens with one attached hydrogen (secondary N) is 1. The predicted molar refractivity (Wildman–Crippen MR) is 91.0 cm³/mol. The van der Waals surface area contributed by atoms with Gasteiger partial charge >= 0.3 is 0 Å². The highest BCUT2D eigenvalue weighted by Crippen LogP contribution is 2.19. The first-order valence-electron chi connectivity index (χ1n) is 7.62. The third kappa shape index (κ3) is 4.93. The molecule has 0 bridgehead atoms. The molecule has 0 saturated heterocycles. The van der Waals surface area contributed by atoms with Crippen molar-refractivity contribution in [3.8, 4) is 5.75 Å². The average Bonchev–Trinajstić information content (AvgIpc) is 2.60. The minimum absolute atomic E-state index is 0.0345. The van der Waals surface area contributed by atoms with E-state index in [0.29, 0.717) is 12.0 Å². The van der Waals surface area contributed by atoms with Gasteiger partial charge in [0.05, 0.1) is 13.2 Å². The summed E-state index contributed by atoms with van der Waals surface area (Å²) in [6, 6.07) is 13.6. The lowest BCUT2D eigenvalue weighted by molar-refractivity contribution is -0.117. The third-order valence-corrected chi connectivity index (χ3v) is 3.54. The fourth-order valence-corrected chi connectivity index (χ4v) is 2.31. The molecule has 0 saturated carbocycles. The van der Waals surface area contributed by atoms with Crippen LogP contribution in [-0.2, 0) is 4.79 Å². The molecule has 1 amide bonds. The second-order valence-electron chi connectivity index (χ2n) is 5.21. The van der Waals surface area contributed by atoms with Gasteiger partial charge in [-0.25, -0.2) is 4.39 Å². The number of carbonyl (C=O) groups excluding carboxylic acids is 1. The van der Waals surface area contributed by atoms with Crippen LogP contribution in [0.25, 0.3) is 6.08 Å². The molecule has 4 nitrogen and oxygen atoms in total. The highest BCUT2D eigenvalue weighted by Gasteiger charge is 2.12. The summed E-state index contributed by atoms with van der Waals surface area (Å²) in [6.07, 6.45) is 3.29. The van der Waals surface area contributed by atoms with Gasteiger partial charge in [-0.15, -0.1) is 0 Å². The molecule has 0 aromatic heterocycles. The van der Waals surface area contributed by atoms with E-state index in [0.717, 1.165) is 5.56 Å². The standard InChI is InChI=1S/C19H20FNO3/c1-24-18-9-7-14(13-16(18)20)8-10-19(23)21-17(11-12-22)15-5-3-2-4-6-15/h2-10,13,17,22H,11-12H2,1H3,(H,21,23)/b10-8+. The van der Waals surface area contributed by atoms with E-state index in [1.807, 2.05) is 30.3 Å². The van der Waals surface area contributed by atoms with Gasteiger partial charge in [0.25, 0.3) is 0 Å². The molecule has 126 valence electrons. The summed E-state index contributed by atoms with van der Waals surface area (Å²) in [6.45, 7) is -0.0345. The molecule has 0 aliphatic rings. The Hall–Kier alpha value is -2.66. The second-order valence-corrected chi connectivity index (χ2v) is 5.21. The van der Waals surface area contributed by atoms with Crippen molar-refractivity contribution in [3.05, 3.63) is 71.6 Å². The van der Waals surface area contributed by atoms with Crippen LogP contribution in [0.3, 0.4) is 0 Å². The quantitative estimate of drug-likeness (QED) is 0.768. The summed E-state index contributed by atoms with van der Waals surface area (Å²) in [5, 5.41) is 12.0. The van der Waals surface area contributed by atoms with Gasteiger partial charge in [0, 0.05) is 12.7 Å². The molecule has 0 spiro atoms. The lowest BCUT2D eigenvalue weighted by atomic mass is 10.0. The number of carbonyl (C=O) groups is 1. The number of methoxy groups -OCH3 is 1. The van der Waals surface area contributed by atoms with Crippen LogP contribution in [0, 0.1) is 5.82 Å². The molecule has 5 heteroatoms. The molecule has 0 fully saturated rings. The molecule has 0 aliphatic heterocycles. The van der Waals surface area contributed by atoms with Crippen molar-refractivity contribution in [1.29, 1.82) is 0 Å². The van der Waals surface area contributed by atoms with Crippen molar-refractivity contribution in [2.75, 3.05) is 13.7 Å². The largest absolute Gasteiger partial charge is 0.494 e. The summed E-state index contributed by atoms with van der Waals surface area (Å²) < 4.78 is 18.5. The Bertz CT molecular complexity index is 701. The first-order valence-corrected chi connectivity index (χ1v) is 7.62. The van der Waals surface area contributed by atoms with E-state index in [-0.39, 0.29) is 24.3 Å². The molecule has 2 rings (SSSR count). The summed E-state index contributed by atoms with van der Waals surface area (Å²) in [4.78, 5) is 12.1. The molecule has 1 atom stereocenters. The van der Waals surface area contributed by atoms with Crippen LogP contribution in [0.2, 0.25) is 0 Å². The number of hydrogen-bond acceptors (Lipinski definition) is 3. The molecule has 2 N–H and O–H groups in total. The number of ether oxygens (including phenoxy) is 1. The number of aliphatic hydroxyl groups excluding tert-OH is 1. The molecule has 0 heterocycles. The normalized spacial score (nSPS) is 12.1. The molecular formula is C19H20FNO3. The molecule has 2 aromatic carbocycles. The van der Waals surface area contributed by atoms with E-state index in [2.05, 4.69) is 5.32 Å². The average molecular weight is 329 g/mol. The van der Waals surface area contributed by atoms with E-state index in [9.17, 15) is 14.3 Å². The van der Waals surface area contributed by atoms with Gasteiger partial charge in [0.15, 0.2) is 11.6 Å². The fraction of sp³-hybridized carbons (Fsp3) is 0.211. The highest BCUT2D eigenvalue weighted by molar-refractivity contribution is 5.92. The van der Waals surface area contributed by atoms with Crippen molar-refractivity contribution < 1.29 is 19.0 Å². The van der Waals surface area contributed by atoms with Gasteiger partial charge in [-0.2, -0.15) is 0 Å². The lowest BCUT2D eigenvalue weighted by Gasteiger charge is -2.17. The minimum atomic E-state index is -0.484. The van der Waals surface area contributed by atoms with Crippen molar-refractivity contribution in [3.63, 3.8) is 0 Å². The van der Waals surface area contributed by atoms with Gasteiger partial charge in [-0.3, -0.25) is 4.79 Å². The minimum Gasteiger partial charge on any atom is -0.494 e. The van der Waals surface area contributed by atoms with Crippen LogP contribution >= 0.6 is 0 Å². The summed E-state index contributed by atoms with van der Waals surface area (Å²) in [5.41, 5.74) is 1.48. The van der Waals surface area contributed by atoms with Gasteiger partial charge in [0.2, 0.25) is 5.91 Å². The number of benzene rings is 2. The van der Waals surface area contributed by atoms with Crippen molar-refractivity contribution in [2.24, 2.45) is 0 Å². The Balaban J connectivity index is 2.04. The van der Waals surface area contributed by atoms with Crippen LogP contribution in [0.5, 0.6) is 5.75 Å². The monoisotopic (exact) mass is 329 g/mol. The lowest BCUT2D eigenvalue weighted by Crippen LogP contribution is -2.27. The van der Waals surface area contributed by atoms with Crippen molar-refractivity contribution in [2.45, 2.75) is 12.5 Å². The number of amides is 1. The zero-order chi connectivity index (χ0) is 17.4. The van der Waals surface area contributed by atoms with Gasteiger partial charge in [0.1, 0.15) is 0 Å². The van der Waals surface area contributed by atoms with Crippen molar-refractivity contribution in [1.82, 2.24) is 5.32 Å². The Morgan fingerprint density at radius 3 is 2.67 bits per heavy atom. The molecule has 0 aliphatic carbocycles. The maximum Gasteiger partial charge on any atom is 0.244 e. The molecule has 2 aromatic rings. The molecule has 1 unspecified atom stereocenters. The summed E-state index contributed by atoms with van der Waals surface area (Å²) in [5.74, 6) is -0.639. The van der Waals surface area contributed by atoms with Gasteiger partial charge in [-0.05, 0) is 35.8 Å². The van der Waals surface area contributed by atoms with Crippen LogP contribution in [-0.4, -0.2) is 24.7 Å². The summed E-state index contributed by atoms with van der Waals surface area (Å²) >= 11 is 0. The fourth-order valence-electron chi connectivity index (χ4n) is 2.31. The van der Waals surface area contributed by atoms with Crippen LogP contribution in [0.4, 0.5) is 4.39 Å². The van der Waals surface area contributed by atoms with Crippen LogP contribution in [0.15, 0.2) is 54.6 Å². The Morgan fingerprint density at radius 1 is 1.29 bits per heavy atom. The van der Waals surface area contributed by atoms with Crippen molar-refractivity contribution >= 4 is 12.0 Å². The molecular weight excluding hydrogens is 309 g/mol. The van der Waals surface area contributed by atoms with E-state index in [4.69, 9.17) is 4.74 Å². The summed E-state index contributed by atoms with van der Waals surface area (Å²) in [7, 11) is 1.40. The Morgan fingerprint density at radius 2 is 2.04 bits per heavy atom. The Labute approximate surface area is 140 Å². The zero-order valence-electron chi connectivity index (χ0n) is 13.4. The zero-order valence-corrected chi connectivity index (χ0v) is 13.4. The number of rotatable bonds is 7. The smallest absolute Gasteiger partial charge is 0.244 e. The first-order chi connectivity index (χ1) is 11.6. The van der Waals surface area contributed by atoms with Crippen LogP contribution < -0.4 is 10.1 Å². The maximum absolute atomic E-state index is 13.6. The van der Waals surface area contributed by atoms with E-state index < -0.39 is 5.82 Å². The number of hydrogen-bond donors (Lipinski definition) is 2. The van der Waals surface area contributed by atoms with E-state index in [1.54, 1.807) is 6.07 Å².